The molecule has 0 amide bonds. The van der Waals surface area contributed by atoms with Crippen molar-refractivity contribution in [3.05, 3.63) is 24.3 Å². The van der Waals surface area contributed by atoms with E-state index in [1.54, 1.807) is 0 Å². The SMILES string of the molecule is CCCCC/C=C\CCCCCCCC(=O)OC(COC(=O)CCCCCCCC)COC(=O)CCCCCCCCCCCCCCCCCCCCCCC/C=C\CCCCCCCCCC. The first-order valence-corrected chi connectivity index (χ1v) is 30.8. The van der Waals surface area contributed by atoms with E-state index in [9.17, 15) is 14.4 Å². The summed E-state index contributed by atoms with van der Waals surface area (Å²) < 4.78 is 16.7. The Labute approximate surface area is 430 Å². The highest BCUT2D eigenvalue weighted by atomic mass is 16.6. The summed E-state index contributed by atoms with van der Waals surface area (Å²) in [6.45, 7) is 6.59. The minimum Gasteiger partial charge on any atom is -0.462 e. The second-order valence-corrected chi connectivity index (χ2v) is 21.0. The van der Waals surface area contributed by atoms with Crippen LogP contribution in [0.3, 0.4) is 0 Å². The van der Waals surface area contributed by atoms with Crippen molar-refractivity contribution < 1.29 is 28.6 Å². The molecule has 0 aliphatic heterocycles. The Balaban J connectivity index is 3.86. The first-order valence-electron chi connectivity index (χ1n) is 30.8. The highest BCUT2D eigenvalue weighted by Gasteiger charge is 2.19. The molecule has 406 valence electrons. The molecule has 0 aliphatic rings. The predicted octanol–water partition coefficient (Wildman–Crippen LogP) is 20.7. The average molecular weight is 972 g/mol. The van der Waals surface area contributed by atoms with E-state index < -0.39 is 6.10 Å². The maximum Gasteiger partial charge on any atom is 0.306 e. The van der Waals surface area contributed by atoms with Crippen LogP contribution in [-0.4, -0.2) is 37.2 Å². The molecule has 69 heavy (non-hydrogen) atoms. The van der Waals surface area contributed by atoms with Crippen molar-refractivity contribution in [1.82, 2.24) is 0 Å². The normalized spacial score (nSPS) is 12.1. The molecule has 1 unspecified atom stereocenters. The average Bonchev–Trinajstić information content (AvgIpc) is 3.35. The summed E-state index contributed by atoms with van der Waals surface area (Å²) in [7, 11) is 0. The van der Waals surface area contributed by atoms with E-state index in [0.717, 1.165) is 64.2 Å². The number of rotatable bonds is 57. The molecule has 0 spiro atoms. The van der Waals surface area contributed by atoms with Crippen LogP contribution >= 0.6 is 0 Å². The second-order valence-electron chi connectivity index (χ2n) is 21.0. The first kappa shape index (κ1) is 66.9. The van der Waals surface area contributed by atoms with Gasteiger partial charge < -0.3 is 14.2 Å². The molecule has 0 aliphatic carbocycles. The second kappa shape index (κ2) is 58.5. The van der Waals surface area contributed by atoms with E-state index in [4.69, 9.17) is 14.2 Å². The third kappa shape index (κ3) is 56.7. The molecule has 0 aromatic carbocycles. The zero-order valence-corrected chi connectivity index (χ0v) is 46.6. The highest BCUT2D eigenvalue weighted by molar-refractivity contribution is 5.71. The van der Waals surface area contributed by atoms with Crippen LogP contribution in [0.25, 0.3) is 0 Å². The molecule has 0 N–H and O–H groups in total. The molecule has 0 fully saturated rings. The Morgan fingerprint density at radius 2 is 0.478 bits per heavy atom. The third-order valence-corrected chi connectivity index (χ3v) is 13.9. The standard InChI is InChI=1S/C63H118O6/c1-4-7-10-13-16-18-20-22-23-24-25-26-27-28-29-30-31-32-33-34-35-36-37-38-39-40-41-42-44-45-47-50-53-56-62(65)68-59-60(58-67-61(64)55-52-49-15-12-9-6-3)69-63(66)57-54-51-48-46-43-21-19-17-14-11-8-5-2/h17,19,24-25,60H,4-16,18,20-23,26-59H2,1-3H3/b19-17-,25-24-. The van der Waals surface area contributed by atoms with Gasteiger partial charge in [0.05, 0.1) is 0 Å². The van der Waals surface area contributed by atoms with Crippen molar-refractivity contribution in [1.29, 1.82) is 0 Å². The molecular formula is C63H118O6. The van der Waals surface area contributed by atoms with Crippen molar-refractivity contribution in [2.24, 2.45) is 0 Å². The molecule has 6 nitrogen and oxygen atoms in total. The van der Waals surface area contributed by atoms with Gasteiger partial charge in [-0.3, -0.25) is 14.4 Å². The van der Waals surface area contributed by atoms with Gasteiger partial charge in [-0.1, -0.05) is 276 Å². The summed E-state index contributed by atoms with van der Waals surface area (Å²) in [6, 6.07) is 0. The summed E-state index contributed by atoms with van der Waals surface area (Å²) in [5.41, 5.74) is 0. The summed E-state index contributed by atoms with van der Waals surface area (Å²) in [6.07, 6.45) is 69.6. The lowest BCUT2D eigenvalue weighted by Crippen LogP contribution is -2.30. The lowest BCUT2D eigenvalue weighted by atomic mass is 10.0. The number of hydrogen-bond donors (Lipinski definition) is 0. The van der Waals surface area contributed by atoms with E-state index in [-0.39, 0.29) is 31.1 Å². The fourth-order valence-corrected chi connectivity index (χ4v) is 9.26. The number of carbonyl (C=O) groups is 3. The quantitative estimate of drug-likeness (QED) is 0.0261. The van der Waals surface area contributed by atoms with Crippen LogP contribution in [0.4, 0.5) is 0 Å². The number of allylic oxidation sites excluding steroid dienone is 4. The van der Waals surface area contributed by atoms with E-state index in [1.807, 2.05) is 0 Å². The van der Waals surface area contributed by atoms with Crippen LogP contribution in [-0.2, 0) is 28.6 Å². The zero-order valence-electron chi connectivity index (χ0n) is 46.6. The molecule has 0 heterocycles. The van der Waals surface area contributed by atoms with Crippen LogP contribution in [0.2, 0.25) is 0 Å². The van der Waals surface area contributed by atoms with E-state index in [2.05, 4.69) is 45.1 Å². The van der Waals surface area contributed by atoms with Gasteiger partial charge in [-0.15, -0.1) is 0 Å². The van der Waals surface area contributed by atoms with E-state index >= 15 is 0 Å². The van der Waals surface area contributed by atoms with Crippen molar-refractivity contribution in [2.45, 2.75) is 348 Å². The number of hydrogen-bond acceptors (Lipinski definition) is 6. The van der Waals surface area contributed by atoms with Crippen LogP contribution in [0.15, 0.2) is 24.3 Å². The number of ether oxygens (including phenoxy) is 3. The molecule has 1 atom stereocenters. The van der Waals surface area contributed by atoms with E-state index in [0.29, 0.717) is 19.3 Å². The van der Waals surface area contributed by atoms with E-state index in [1.165, 1.54) is 238 Å². The smallest absolute Gasteiger partial charge is 0.306 e. The largest absolute Gasteiger partial charge is 0.462 e. The molecule has 0 saturated heterocycles. The third-order valence-electron chi connectivity index (χ3n) is 13.9. The molecule has 0 aromatic rings. The Hall–Kier alpha value is -2.11. The van der Waals surface area contributed by atoms with Gasteiger partial charge in [0.15, 0.2) is 6.10 Å². The predicted molar refractivity (Wildman–Crippen MR) is 298 cm³/mol. The summed E-state index contributed by atoms with van der Waals surface area (Å²) in [5.74, 6) is -0.873. The van der Waals surface area contributed by atoms with Gasteiger partial charge in [0.1, 0.15) is 13.2 Å². The van der Waals surface area contributed by atoms with Gasteiger partial charge in [0.25, 0.3) is 0 Å². The molecule has 0 radical (unpaired) electrons. The minimum atomic E-state index is -0.768. The fourth-order valence-electron chi connectivity index (χ4n) is 9.26. The minimum absolute atomic E-state index is 0.0703. The molecule has 0 bridgehead atoms. The monoisotopic (exact) mass is 971 g/mol. The Kier molecular flexibility index (Phi) is 56.7. The molecule has 6 heteroatoms. The van der Waals surface area contributed by atoms with Gasteiger partial charge in [0.2, 0.25) is 0 Å². The lowest BCUT2D eigenvalue weighted by Gasteiger charge is -2.18. The number of esters is 3. The first-order chi connectivity index (χ1) is 34.0. The van der Waals surface area contributed by atoms with Crippen LogP contribution in [0.1, 0.15) is 342 Å². The molecule has 0 rings (SSSR count). The van der Waals surface area contributed by atoms with Gasteiger partial charge in [-0.2, -0.15) is 0 Å². The van der Waals surface area contributed by atoms with Gasteiger partial charge in [-0.05, 0) is 70.6 Å². The Bertz CT molecular complexity index is 1110. The highest BCUT2D eigenvalue weighted by Crippen LogP contribution is 2.17. The number of carbonyl (C=O) groups excluding carboxylic acids is 3. The maximum absolute atomic E-state index is 12.7. The fraction of sp³-hybridized carbons (Fsp3) is 0.889. The molecule has 0 saturated carbocycles. The maximum atomic E-state index is 12.7. The molecule has 0 aromatic heterocycles. The van der Waals surface area contributed by atoms with Crippen molar-refractivity contribution >= 4 is 17.9 Å². The van der Waals surface area contributed by atoms with Gasteiger partial charge in [0, 0.05) is 19.3 Å². The van der Waals surface area contributed by atoms with Crippen LogP contribution in [0, 0.1) is 0 Å². The zero-order chi connectivity index (χ0) is 50.0. The van der Waals surface area contributed by atoms with Crippen LogP contribution in [0.5, 0.6) is 0 Å². The number of unbranched alkanes of at least 4 members (excludes halogenated alkanes) is 42. The van der Waals surface area contributed by atoms with Crippen molar-refractivity contribution in [2.75, 3.05) is 13.2 Å². The van der Waals surface area contributed by atoms with Gasteiger partial charge >= 0.3 is 17.9 Å². The Morgan fingerprint density at radius 3 is 0.754 bits per heavy atom. The Morgan fingerprint density at radius 1 is 0.275 bits per heavy atom. The van der Waals surface area contributed by atoms with Crippen molar-refractivity contribution in [3.63, 3.8) is 0 Å². The lowest BCUT2D eigenvalue weighted by molar-refractivity contribution is -0.167. The topological polar surface area (TPSA) is 78.9 Å². The van der Waals surface area contributed by atoms with Crippen molar-refractivity contribution in [3.8, 4) is 0 Å². The summed E-state index contributed by atoms with van der Waals surface area (Å²) in [4.78, 5) is 37.8. The summed E-state index contributed by atoms with van der Waals surface area (Å²) in [5, 5.41) is 0. The summed E-state index contributed by atoms with van der Waals surface area (Å²) >= 11 is 0. The van der Waals surface area contributed by atoms with Crippen LogP contribution < -0.4 is 0 Å². The molecular weight excluding hydrogens is 853 g/mol. The van der Waals surface area contributed by atoms with Gasteiger partial charge in [-0.25, -0.2) is 0 Å².